The second-order valence-electron chi connectivity index (χ2n) is 6.24. The fraction of sp³-hybridized carbons (Fsp3) is 0.588. The number of piperidine rings is 1. The molecule has 1 unspecified atom stereocenters. The third kappa shape index (κ3) is 4.71. The predicted molar refractivity (Wildman–Crippen MR) is 87.3 cm³/mol. The minimum atomic E-state index is 0.548. The smallest absolute Gasteiger partial charge is 0.0995 e. The van der Waals surface area contributed by atoms with Crippen LogP contribution < -0.4 is 5.32 Å². The number of nitrogens with zero attached hydrogens (tertiary/aromatic N) is 2. The Bertz CT molecular complexity index is 501. The van der Waals surface area contributed by atoms with Gasteiger partial charge in [-0.3, -0.25) is 4.90 Å². The fourth-order valence-electron chi connectivity index (χ4n) is 2.98. The van der Waals surface area contributed by atoms with Gasteiger partial charge in [-0.25, -0.2) is 0 Å². The van der Waals surface area contributed by atoms with Crippen molar-refractivity contribution >= 4 is 11.6 Å². The molecule has 0 radical (unpaired) electrons. The van der Waals surface area contributed by atoms with Gasteiger partial charge in [0, 0.05) is 30.7 Å². The summed E-state index contributed by atoms with van der Waals surface area (Å²) in [4.78, 5) is 2.50. The van der Waals surface area contributed by atoms with Gasteiger partial charge in [0.1, 0.15) is 0 Å². The number of halogens is 1. The number of hydrogen-bond donors (Lipinski definition) is 1. The first kappa shape index (κ1) is 16.3. The van der Waals surface area contributed by atoms with Crippen molar-refractivity contribution in [2.75, 3.05) is 19.6 Å². The second kappa shape index (κ2) is 7.79. The Hall–Kier alpha value is -1.08. The van der Waals surface area contributed by atoms with Crippen LogP contribution in [0.3, 0.4) is 0 Å². The maximum absolute atomic E-state index is 9.29. The summed E-state index contributed by atoms with van der Waals surface area (Å²) in [5, 5.41) is 13.5. The first-order chi connectivity index (χ1) is 10.1. The highest BCUT2D eigenvalue weighted by Gasteiger charge is 2.22. The minimum absolute atomic E-state index is 0.548. The van der Waals surface area contributed by atoms with Gasteiger partial charge >= 0.3 is 0 Å². The summed E-state index contributed by atoms with van der Waals surface area (Å²) in [6.45, 7) is 8.48. The van der Waals surface area contributed by atoms with E-state index < -0.39 is 0 Å². The molecule has 1 heterocycles. The topological polar surface area (TPSA) is 39.1 Å². The number of rotatable bonds is 5. The highest BCUT2D eigenvalue weighted by molar-refractivity contribution is 6.30. The Morgan fingerprint density at radius 1 is 1.48 bits per heavy atom. The molecule has 1 fully saturated rings. The highest BCUT2D eigenvalue weighted by Crippen LogP contribution is 2.21. The molecule has 1 aliphatic heterocycles. The van der Waals surface area contributed by atoms with Crippen molar-refractivity contribution in [3.8, 4) is 6.07 Å². The zero-order valence-corrected chi connectivity index (χ0v) is 13.7. The average molecular weight is 306 g/mol. The molecule has 3 nitrogen and oxygen atoms in total. The largest absolute Gasteiger partial charge is 0.315 e. The molecule has 1 aromatic rings. The number of nitriles is 1. The van der Waals surface area contributed by atoms with Gasteiger partial charge in [0.25, 0.3) is 0 Å². The maximum atomic E-state index is 9.29. The van der Waals surface area contributed by atoms with E-state index >= 15 is 0 Å². The predicted octanol–water partition coefficient (Wildman–Crippen LogP) is 3.42. The van der Waals surface area contributed by atoms with E-state index in [2.05, 4.69) is 30.1 Å². The van der Waals surface area contributed by atoms with Gasteiger partial charge in [-0.05, 0) is 49.1 Å². The van der Waals surface area contributed by atoms with Crippen LogP contribution in [-0.2, 0) is 6.54 Å². The standard InChI is InChI=1S/C17H24ClN3/c1-13(2)11-21(17-4-3-7-20-10-17)12-15-8-16(18)6-5-14(15)9-19/h5-6,8,13,17,20H,3-4,7,10-12H2,1-2H3. The van der Waals surface area contributed by atoms with E-state index in [1.54, 1.807) is 6.07 Å². The van der Waals surface area contributed by atoms with Crippen LogP contribution in [0.15, 0.2) is 18.2 Å². The SMILES string of the molecule is CC(C)CN(Cc1cc(Cl)ccc1C#N)C1CCCNC1. The lowest BCUT2D eigenvalue weighted by atomic mass is 10.0. The van der Waals surface area contributed by atoms with Crippen molar-refractivity contribution in [1.82, 2.24) is 10.2 Å². The number of hydrogen-bond acceptors (Lipinski definition) is 3. The van der Waals surface area contributed by atoms with E-state index in [4.69, 9.17) is 11.6 Å². The van der Waals surface area contributed by atoms with Crippen molar-refractivity contribution in [3.63, 3.8) is 0 Å². The first-order valence-electron chi connectivity index (χ1n) is 7.73. The lowest BCUT2D eigenvalue weighted by Gasteiger charge is -2.36. The molecule has 0 saturated carbocycles. The maximum Gasteiger partial charge on any atom is 0.0995 e. The summed E-state index contributed by atoms with van der Waals surface area (Å²) in [5.74, 6) is 0.608. The van der Waals surface area contributed by atoms with Crippen LogP contribution in [0.5, 0.6) is 0 Å². The van der Waals surface area contributed by atoms with E-state index in [-0.39, 0.29) is 0 Å². The Labute approximate surface area is 132 Å². The van der Waals surface area contributed by atoms with Crippen molar-refractivity contribution in [2.24, 2.45) is 5.92 Å². The van der Waals surface area contributed by atoms with Crippen LogP contribution in [0.2, 0.25) is 5.02 Å². The van der Waals surface area contributed by atoms with Gasteiger partial charge in [-0.1, -0.05) is 25.4 Å². The second-order valence-corrected chi connectivity index (χ2v) is 6.67. The van der Waals surface area contributed by atoms with Gasteiger partial charge in [0.15, 0.2) is 0 Å². The van der Waals surface area contributed by atoms with E-state index in [0.29, 0.717) is 17.0 Å². The average Bonchev–Trinajstić information content (AvgIpc) is 2.47. The molecule has 4 heteroatoms. The van der Waals surface area contributed by atoms with Crippen molar-refractivity contribution in [2.45, 2.75) is 39.3 Å². The molecule has 0 amide bonds. The molecule has 1 aliphatic rings. The van der Waals surface area contributed by atoms with Gasteiger partial charge in [0.05, 0.1) is 11.6 Å². The van der Waals surface area contributed by atoms with Crippen molar-refractivity contribution in [3.05, 3.63) is 34.3 Å². The molecule has 1 N–H and O–H groups in total. The van der Waals surface area contributed by atoms with Crippen LogP contribution in [-0.4, -0.2) is 30.6 Å². The van der Waals surface area contributed by atoms with E-state index in [1.165, 1.54) is 12.8 Å². The van der Waals surface area contributed by atoms with Crippen molar-refractivity contribution < 1.29 is 0 Å². The summed E-state index contributed by atoms with van der Waals surface area (Å²) in [6, 6.07) is 8.38. The Kier molecular flexibility index (Phi) is 6.05. The lowest BCUT2D eigenvalue weighted by molar-refractivity contribution is 0.141. The Morgan fingerprint density at radius 3 is 2.90 bits per heavy atom. The highest BCUT2D eigenvalue weighted by atomic mass is 35.5. The first-order valence-corrected chi connectivity index (χ1v) is 8.11. The summed E-state index contributed by atoms with van der Waals surface area (Å²) in [6.07, 6.45) is 2.45. The van der Waals surface area contributed by atoms with Crippen LogP contribution in [0.4, 0.5) is 0 Å². The van der Waals surface area contributed by atoms with Crippen molar-refractivity contribution in [1.29, 1.82) is 5.26 Å². The van der Waals surface area contributed by atoms with Crippen LogP contribution in [0, 0.1) is 17.2 Å². The monoisotopic (exact) mass is 305 g/mol. The molecular formula is C17H24ClN3. The molecule has 0 aliphatic carbocycles. The molecule has 1 aromatic carbocycles. The summed E-state index contributed by atoms with van der Waals surface area (Å²) >= 11 is 6.11. The zero-order chi connectivity index (χ0) is 15.2. The normalized spacial score (nSPS) is 19.0. The summed E-state index contributed by atoms with van der Waals surface area (Å²) < 4.78 is 0. The Morgan fingerprint density at radius 2 is 2.29 bits per heavy atom. The van der Waals surface area contributed by atoms with Gasteiger partial charge in [-0.2, -0.15) is 5.26 Å². The van der Waals surface area contributed by atoms with Gasteiger partial charge < -0.3 is 5.32 Å². The minimum Gasteiger partial charge on any atom is -0.315 e. The van der Waals surface area contributed by atoms with Crippen LogP contribution in [0.1, 0.15) is 37.8 Å². The van der Waals surface area contributed by atoms with Gasteiger partial charge in [-0.15, -0.1) is 0 Å². The molecule has 1 saturated heterocycles. The molecule has 0 bridgehead atoms. The lowest BCUT2D eigenvalue weighted by Crippen LogP contribution is -2.46. The fourth-order valence-corrected chi connectivity index (χ4v) is 3.17. The molecule has 114 valence electrons. The molecule has 0 aromatic heterocycles. The summed E-state index contributed by atoms with van der Waals surface area (Å²) in [7, 11) is 0. The zero-order valence-electron chi connectivity index (χ0n) is 12.9. The third-order valence-corrected chi connectivity index (χ3v) is 4.18. The molecule has 0 spiro atoms. The van der Waals surface area contributed by atoms with Crippen LogP contribution in [0.25, 0.3) is 0 Å². The van der Waals surface area contributed by atoms with Gasteiger partial charge in [0.2, 0.25) is 0 Å². The Balaban J connectivity index is 2.17. The molecule has 1 atom stereocenters. The molecule has 21 heavy (non-hydrogen) atoms. The van der Waals surface area contributed by atoms with E-state index in [1.807, 2.05) is 12.1 Å². The third-order valence-electron chi connectivity index (χ3n) is 3.95. The number of nitrogens with one attached hydrogen (secondary N) is 1. The summed E-state index contributed by atoms with van der Waals surface area (Å²) in [5.41, 5.74) is 1.77. The molecular weight excluding hydrogens is 282 g/mol. The molecule has 2 rings (SSSR count). The van der Waals surface area contributed by atoms with Crippen LogP contribution >= 0.6 is 11.6 Å². The van der Waals surface area contributed by atoms with E-state index in [9.17, 15) is 5.26 Å². The quantitative estimate of drug-likeness (QED) is 0.906. The van der Waals surface area contributed by atoms with E-state index in [0.717, 1.165) is 37.3 Å². The number of benzene rings is 1.